The van der Waals surface area contributed by atoms with Crippen LogP contribution in [-0.2, 0) is 30.3 Å². The van der Waals surface area contributed by atoms with Crippen LogP contribution in [0.25, 0.3) is 10.9 Å². The van der Waals surface area contributed by atoms with E-state index in [1.807, 2.05) is 51.2 Å². The molecule has 1 fully saturated rings. The van der Waals surface area contributed by atoms with Gasteiger partial charge in [-0.15, -0.1) is 0 Å². The Hall–Kier alpha value is -3.36. The van der Waals surface area contributed by atoms with Crippen molar-refractivity contribution in [3.05, 3.63) is 36.0 Å². The molecule has 5 atom stereocenters. The number of hydrogen-bond donors (Lipinski definition) is 4. The van der Waals surface area contributed by atoms with Crippen molar-refractivity contribution in [2.45, 2.75) is 97.4 Å². The number of unbranched alkanes of at least 4 members (excludes halogenated alkanes) is 1. The van der Waals surface area contributed by atoms with E-state index in [9.17, 15) is 19.2 Å². The number of ether oxygens (including phenoxy) is 1. The highest BCUT2D eigenvalue weighted by atomic mass is 16.5. The number of benzene rings is 1. The third kappa shape index (κ3) is 7.82. The van der Waals surface area contributed by atoms with Gasteiger partial charge in [0.1, 0.15) is 24.2 Å². The number of aromatic nitrogens is 1. The lowest BCUT2D eigenvalue weighted by molar-refractivity contribution is -0.157. The molecule has 4 N–H and O–H groups in total. The van der Waals surface area contributed by atoms with Crippen molar-refractivity contribution in [3.63, 3.8) is 0 Å². The highest BCUT2D eigenvalue weighted by molar-refractivity contribution is 5.94. The summed E-state index contributed by atoms with van der Waals surface area (Å²) >= 11 is 0. The lowest BCUT2D eigenvalue weighted by Gasteiger charge is -2.27. The minimum atomic E-state index is -0.911. The molecule has 1 aromatic heterocycles. The van der Waals surface area contributed by atoms with Gasteiger partial charge in [0.05, 0.1) is 6.42 Å². The fourth-order valence-electron chi connectivity index (χ4n) is 4.83. The minimum Gasteiger partial charge on any atom is -0.460 e. The topological polar surface area (TPSA) is 129 Å². The molecule has 0 bridgehead atoms. The van der Waals surface area contributed by atoms with Gasteiger partial charge >= 0.3 is 5.97 Å². The smallest absolute Gasteiger partial charge is 0.328 e. The molecule has 0 radical (unpaired) electrons. The third-order valence-corrected chi connectivity index (χ3v) is 7.11. The molecule has 2 heterocycles. The Morgan fingerprint density at radius 1 is 0.974 bits per heavy atom. The average molecular weight is 527 g/mol. The summed E-state index contributed by atoms with van der Waals surface area (Å²) in [7, 11) is 0. The first-order valence-electron chi connectivity index (χ1n) is 13.7. The fraction of sp³-hybridized carbons (Fsp3) is 0.586. The van der Waals surface area contributed by atoms with Gasteiger partial charge in [0, 0.05) is 23.5 Å². The van der Waals surface area contributed by atoms with E-state index in [0.29, 0.717) is 6.42 Å². The Kier molecular flexibility index (Phi) is 10.3. The number of nitrogens with one attached hydrogen (secondary N) is 4. The summed E-state index contributed by atoms with van der Waals surface area (Å²) in [6, 6.07) is 5.05. The van der Waals surface area contributed by atoms with Crippen LogP contribution in [0.15, 0.2) is 30.5 Å². The van der Waals surface area contributed by atoms with Gasteiger partial charge in [0.2, 0.25) is 17.7 Å². The summed E-state index contributed by atoms with van der Waals surface area (Å²) in [6.45, 7) is 9.52. The first kappa shape index (κ1) is 29.2. The van der Waals surface area contributed by atoms with E-state index in [0.717, 1.165) is 35.7 Å². The van der Waals surface area contributed by atoms with E-state index < -0.39 is 42.0 Å². The molecule has 0 saturated carbocycles. The molecule has 208 valence electrons. The van der Waals surface area contributed by atoms with Gasteiger partial charge in [-0.25, -0.2) is 4.79 Å². The maximum Gasteiger partial charge on any atom is 0.328 e. The van der Waals surface area contributed by atoms with Crippen molar-refractivity contribution >= 4 is 34.6 Å². The number of hydrogen-bond acceptors (Lipinski definition) is 5. The number of fused-ring (bicyclic) bond motifs is 1. The number of rotatable bonds is 8. The summed E-state index contributed by atoms with van der Waals surface area (Å²) in [6.07, 6.45) is 4.43. The van der Waals surface area contributed by atoms with Crippen LogP contribution in [0, 0.1) is 11.8 Å². The molecule has 1 aliphatic heterocycles. The molecule has 9 nitrogen and oxygen atoms in total. The van der Waals surface area contributed by atoms with Gasteiger partial charge in [-0.2, -0.15) is 0 Å². The number of cyclic esters (lactones) is 1. The summed E-state index contributed by atoms with van der Waals surface area (Å²) in [5.41, 5.74) is 1.80. The number of aromatic amines is 1. The molecular weight excluding hydrogens is 484 g/mol. The predicted octanol–water partition coefficient (Wildman–Crippen LogP) is 3.37. The van der Waals surface area contributed by atoms with Crippen molar-refractivity contribution in [3.8, 4) is 0 Å². The van der Waals surface area contributed by atoms with Crippen LogP contribution in [0.1, 0.15) is 72.3 Å². The summed E-state index contributed by atoms with van der Waals surface area (Å²) in [5, 5.41) is 9.30. The van der Waals surface area contributed by atoms with Gasteiger partial charge in [-0.05, 0) is 43.2 Å². The van der Waals surface area contributed by atoms with Crippen LogP contribution in [0.4, 0.5) is 0 Å². The minimum absolute atomic E-state index is 0.0633. The van der Waals surface area contributed by atoms with E-state index in [1.54, 1.807) is 6.92 Å². The lowest BCUT2D eigenvalue weighted by atomic mass is 9.95. The molecular formula is C29H42N4O5. The predicted molar refractivity (Wildman–Crippen MR) is 146 cm³/mol. The van der Waals surface area contributed by atoms with Gasteiger partial charge in [-0.3, -0.25) is 14.4 Å². The molecule has 2 aromatic rings. The van der Waals surface area contributed by atoms with E-state index in [1.165, 1.54) is 0 Å². The number of para-hydroxylation sites is 1. The normalized spacial score (nSPS) is 24.5. The Morgan fingerprint density at radius 2 is 1.71 bits per heavy atom. The van der Waals surface area contributed by atoms with Crippen molar-refractivity contribution in [2.75, 3.05) is 0 Å². The van der Waals surface area contributed by atoms with Crippen molar-refractivity contribution in [1.82, 2.24) is 20.9 Å². The van der Waals surface area contributed by atoms with Crippen LogP contribution in [0.3, 0.4) is 0 Å². The van der Waals surface area contributed by atoms with E-state index in [-0.39, 0.29) is 30.6 Å². The van der Waals surface area contributed by atoms with E-state index >= 15 is 0 Å². The van der Waals surface area contributed by atoms with Crippen molar-refractivity contribution in [2.24, 2.45) is 11.8 Å². The molecule has 9 heteroatoms. The second-order valence-corrected chi connectivity index (χ2v) is 10.9. The highest BCUT2D eigenvalue weighted by Gasteiger charge is 2.34. The SMILES string of the molecule is CCCC[C@H](C)[C@@H]1CC(=O)N[C@@H](Cc2c[nH]c3ccccc23)C(=O)N[C@@H](C)C(=O)N[C@H](CC(C)C)C(=O)O1. The Balaban J connectivity index is 1.91. The number of esters is 1. The quantitative estimate of drug-likeness (QED) is 0.392. The van der Waals surface area contributed by atoms with Crippen molar-refractivity contribution in [1.29, 1.82) is 0 Å². The summed E-state index contributed by atoms with van der Waals surface area (Å²) in [5.74, 6) is -1.82. The standard InChI is InChI=1S/C29H42N4O5/c1-6-7-10-18(4)25-15-26(34)32-23(14-20-16-30-22-12-9-8-11-21(20)22)28(36)31-19(5)27(35)33-24(13-17(2)3)29(37)38-25/h8-9,11-12,16-19,23-25,30H,6-7,10,13-15H2,1-5H3,(H,31,36)(H,32,34)(H,33,35)/t18-,19-,23-,24+,25-/m0/s1. The first-order valence-corrected chi connectivity index (χ1v) is 13.7. The van der Waals surface area contributed by atoms with Gasteiger partial charge in [0.25, 0.3) is 0 Å². The second kappa shape index (κ2) is 13.4. The van der Waals surface area contributed by atoms with Gasteiger partial charge < -0.3 is 25.7 Å². The van der Waals surface area contributed by atoms with Gasteiger partial charge in [0.15, 0.2) is 0 Å². The summed E-state index contributed by atoms with van der Waals surface area (Å²) < 4.78 is 5.89. The molecule has 0 spiro atoms. The number of amides is 3. The highest BCUT2D eigenvalue weighted by Crippen LogP contribution is 2.22. The Labute approximate surface area is 224 Å². The molecule has 3 amide bonds. The van der Waals surface area contributed by atoms with Crippen molar-refractivity contribution < 1.29 is 23.9 Å². The van der Waals surface area contributed by atoms with E-state index in [2.05, 4.69) is 27.9 Å². The zero-order valence-electron chi connectivity index (χ0n) is 23.1. The molecule has 0 unspecified atom stereocenters. The molecule has 3 rings (SSSR count). The van der Waals surface area contributed by atoms with Crippen LogP contribution in [0.2, 0.25) is 0 Å². The van der Waals surface area contributed by atoms with Crippen LogP contribution in [-0.4, -0.2) is 52.9 Å². The Morgan fingerprint density at radius 3 is 2.42 bits per heavy atom. The maximum absolute atomic E-state index is 13.3. The van der Waals surface area contributed by atoms with Crippen LogP contribution >= 0.6 is 0 Å². The summed E-state index contributed by atoms with van der Waals surface area (Å²) in [4.78, 5) is 56.0. The Bertz CT molecular complexity index is 1130. The monoisotopic (exact) mass is 526 g/mol. The van der Waals surface area contributed by atoms with Crippen LogP contribution < -0.4 is 16.0 Å². The van der Waals surface area contributed by atoms with Crippen LogP contribution in [0.5, 0.6) is 0 Å². The lowest BCUT2D eigenvalue weighted by Crippen LogP contribution is -2.55. The fourth-order valence-corrected chi connectivity index (χ4v) is 4.83. The van der Waals surface area contributed by atoms with Gasteiger partial charge in [-0.1, -0.05) is 58.7 Å². The molecule has 1 aliphatic rings. The molecule has 1 saturated heterocycles. The maximum atomic E-state index is 13.3. The largest absolute Gasteiger partial charge is 0.460 e. The zero-order chi connectivity index (χ0) is 27.8. The molecule has 0 aliphatic carbocycles. The molecule has 1 aromatic carbocycles. The van der Waals surface area contributed by atoms with E-state index in [4.69, 9.17) is 4.74 Å². The number of H-pyrrole nitrogens is 1. The second-order valence-electron chi connectivity index (χ2n) is 10.9. The average Bonchev–Trinajstić information content (AvgIpc) is 3.27. The zero-order valence-corrected chi connectivity index (χ0v) is 23.1. The number of carbonyl (C=O) groups is 4. The molecule has 38 heavy (non-hydrogen) atoms. The number of carbonyl (C=O) groups excluding carboxylic acids is 4. The first-order chi connectivity index (χ1) is 18.1. The third-order valence-electron chi connectivity index (χ3n) is 7.11.